The van der Waals surface area contributed by atoms with Crippen LogP contribution >= 0.6 is 11.6 Å². The number of azo groups is 1. The number of aromatic hydroxyl groups is 1. The first-order valence-electron chi connectivity index (χ1n) is 8.65. The van der Waals surface area contributed by atoms with Crippen LogP contribution in [0.4, 0.5) is 11.4 Å². The fraction of sp³-hybridized carbons (Fsp3) is 0.333. The molecule has 0 saturated heterocycles. The minimum Gasteiger partial charge on any atom is -0.493 e. The number of nitrogens with zero attached hydrogens (tertiary/aromatic N) is 5. The van der Waals surface area contributed by atoms with Gasteiger partial charge in [-0.2, -0.15) is 0 Å². The Hall–Kier alpha value is -3.27. The van der Waals surface area contributed by atoms with Crippen molar-refractivity contribution in [3.8, 4) is 5.88 Å². The minimum atomic E-state index is -0.873. The molecule has 3 rings (SSSR count). The van der Waals surface area contributed by atoms with Crippen molar-refractivity contribution in [2.45, 2.75) is 13.8 Å². The number of carbonyl (C=O) groups is 2. The maximum Gasteiger partial charge on any atom is 0.333 e. The first kappa shape index (κ1) is 20.5. The fourth-order valence-corrected chi connectivity index (χ4v) is 3.16. The smallest absolute Gasteiger partial charge is 0.333 e. The number of rotatable bonds is 4. The third kappa shape index (κ3) is 3.25. The Balaban J connectivity index is 2.16. The van der Waals surface area contributed by atoms with Gasteiger partial charge in [-0.15, -0.1) is 10.2 Å². The highest BCUT2D eigenvalue weighted by atomic mass is 35.5. The molecule has 0 radical (unpaired) electrons. The van der Waals surface area contributed by atoms with Crippen molar-refractivity contribution in [2.75, 3.05) is 6.54 Å². The number of amides is 2. The molecular formula is C18H18ClN5O5. The van der Waals surface area contributed by atoms with Crippen LogP contribution < -0.4 is 11.2 Å². The predicted molar refractivity (Wildman–Crippen MR) is 104 cm³/mol. The van der Waals surface area contributed by atoms with Gasteiger partial charge in [0, 0.05) is 20.6 Å². The molecule has 1 aromatic heterocycles. The number of benzene rings is 1. The van der Waals surface area contributed by atoms with Crippen LogP contribution in [0.25, 0.3) is 0 Å². The van der Waals surface area contributed by atoms with Gasteiger partial charge in [0.05, 0.1) is 16.1 Å². The van der Waals surface area contributed by atoms with Crippen molar-refractivity contribution < 1.29 is 14.7 Å². The van der Waals surface area contributed by atoms with E-state index in [0.29, 0.717) is 0 Å². The lowest BCUT2D eigenvalue weighted by atomic mass is 10.1. The summed E-state index contributed by atoms with van der Waals surface area (Å²) < 4.78 is 1.58. The summed E-state index contributed by atoms with van der Waals surface area (Å²) in [5, 5.41) is 17.8. The molecule has 0 unspecified atom stereocenters. The van der Waals surface area contributed by atoms with Gasteiger partial charge < -0.3 is 5.11 Å². The lowest BCUT2D eigenvalue weighted by Crippen LogP contribution is -2.36. The molecule has 0 spiro atoms. The second-order valence-electron chi connectivity index (χ2n) is 7.01. The van der Waals surface area contributed by atoms with Gasteiger partial charge in [-0.25, -0.2) is 4.79 Å². The molecule has 2 aromatic rings. The Bertz CT molecular complexity index is 1190. The molecule has 2 amide bonds. The van der Waals surface area contributed by atoms with E-state index in [1.165, 1.54) is 26.2 Å². The monoisotopic (exact) mass is 419 g/mol. The van der Waals surface area contributed by atoms with E-state index < -0.39 is 34.6 Å². The molecule has 0 fully saturated rings. The highest BCUT2D eigenvalue weighted by Gasteiger charge is 2.38. The van der Waals surface area contributed by atoms with Crippen LogP contribution in [-0.4, -0.2) is 37.5 Å². The van der Waals surface area contributed by atoms with E-state index in [0.717, 1.165) is 14.0 Å². The molecule has 1 N–H and O–H groups in total. The van der Waals surface area contributed by atoms with Crippen molar-refractivity contribution in [1.29, 1.82) is 0 Å². The summed E-state index contributed by atoms with van der Waals surface area (Å²) in [4.78, 5) is 50.6. The number of hydrogen-bond donors (Lipinski definition) is 1. The number of halogens is 1. The Morgan fingerprint density at radius 3 is 2.24 bits per heavy atom. The van der Waals surface area contributed by atoms with Crippen LogP contribution in [0, 0.1) is 5.92 Å². The number of aromatic nitrogens is 2. The molecule has 0 saturated carbocycles. The van der Waals surface area contributed by atoms with Crippen LogP contribution in [0.15, 0.2) is 32.0 Å². The van der Waals surface area contributed by atoms with Gasteiger partial charge >= 0.3 is 5.69 Å². The highest BCUT2D eigenvalue weighted by molar-refractivity contribution is 6.35. The van der Waals surface area contributed by atoms with E-state index in [-0.39, 0.29) is 34.3 Å². The van der Waals surface area contributed by atoms with Crippen LogP contribution in [-0.2, 0) is 14.1 Å². The predicted octanol–water partition coefficient (Wildman–Crippen LogP) is 2.11. The average Bonchev–Trinajstić information content (AvgIpc) is 2.90. The summed E-state index contributed by atoms with van der Waals surface area (Å²) in [6.07, 6.45) is 0. The molecule has 11 heteroatoms. The summed E-state index contributed by atoms with van der Waals surface area (Å²) in [6.45, 7) is 3.97. The van der Waals surface area contributed by atoms with Gasteiger partial charge in [0.1, 0.15) is 5.69 Å². The molecule has 1 aliphatic rings. The first-order chi connectivity index (χ1) is 13.6. The Kier molecular flexibility index (Phi) is 5.14. The van der Waals surface area contributed by atoms with Gasteiger partial charge in [-0.1, -0.05) is 25.4 Å². The number of fused-ring (bicyclic) bond motifs is 1. The highest BCUT2D eigenvalue weighted by Crippen LogP contribution is 2.38. The van der Waals surface area contributed by atoms with Gasteiger partial charge in [0.15, 0.2) is 0 Å². The SMILES string of the molecule is CC(C)CN1C(=O)c2ccc(Cl)c(N=Nc3c(O)n(C)c(=O)n(C)c3=O)c2C1=O. The van der Waals surface area contributed by atoms with Crippen LogP contribution in [0.2, 0.25) is 5.02 Å². The summed E-state index contributed by atoms with van der Waals surface area (Å²) in [5.74, 6) is -1.65. The molecular weight excluding hydrogens is 402 g/mol. The Morgan fingerprint density at radius 1 is 1.00 bits per heavy atom. The third-order valence-corrected chi connectivity index (χ3v) is 4.78. The van der Waals surface area contributed by atoms with Crippen molar-refractivity contribution in [1.82, 2.24) is 14.0 Å². The lowest BCUT2D eigenvalue weighted by molar-refractivity contribution is 0.0636. The second-order valence-corrected chi connectivity index (χ2v) is 7.42. The van der Waals surface area contributed by atoms with Crippen molar-refractivity contribution in [3.05, 3.63) is 49.1 Å². The third-order valence-electron chi connectivity index (χ3n) is 4.47. The lowest BCUT2D eigenvalue weighted by Gasteiger charge is -2.15. The quantitative estimate of drug-likeness (QED) is 0.599. The van der Waals surface area contributed by atoms with Crippen LogP contribution in [0.3, 0.4) is 0 Å². The maximum absolute atomic E-state index is 12.8. The van der Waals surface area contributed by atoms with Crippen molar-refractivity contribution in [3.63, 3.8) is 0 Å². The van der Waals surface area contributed by atoms with E-state index >= 15 is 0 Å². The molecule has 152 valence electrons. The largest absolute Gasteiger partial charge is 0.493 e. The van der Waals surface area contributed by atoms with E-state index in [4.69, 9.17) is 11.6 Å². The second kappa shape index (κ2) is 7.28. The van der Waals surface area contributed by atoms with E-state index in [9.17, 15) is 24.3 Å². The molecule has 0 atom stereocenters. The number of hydrogen-bond acceptors (Lipinski definition) is 7. The standard InChI is InChI=1S/C18H18ClN5O5/c1-8(2)7-24-14(25)9-5-6-10(19)12(11(9)15(24)26)20-21-13-16(27)22(3)18(29)23(4)17(13)28/h5-6,8,27H,7H2,1-4H3. The summed E-state index contributed by atoms with van der Waals surface area (Å²) >= 11 is 6.17. The van der Waals surface area contributed by atoms with Crippen molar-refractivity contribution in [2.24, 2.45) is 30.2 Å². The molecule has 0 aliphatic carbocycles. The molecule has 1 aromatic carbocycles. The summed E-state index contributed by atoms with van der Waals surface area (Å²) in [7, 11) is 2.48. The van der Waals surface area contributed by atoms with E-state index in [2.05, 4.69) is 10.2 Å². The fourth-order valence-electron chi connectivity index (χ4n) is 2.97. The van der Waals surface area contributed by atoms with Crippen LogP contribution in [0.1, 0.15) is 34.6 Å². The molecule has 2 heterocycles. The van der Waals surface area contributed by atoms with Crippen molar-refractivity contribution >= 4 is 34.8 Å². The summed E-state index contributed by atoms with van der Waals surface area (Å²) in [5.41, 5.74) is -2.10. The van der Waals surface area contributed by atoms with Gasteiger partial charge in [0.2, 0.25) is 11.6 Å². The Morgan fingerprint density at radius 2 is 1.62 bits per heavy atom. The van der Waals surface area contributed by atoms with Gasteiger partial charge in [-0.05, 0) is 18.1 Å². The topological polar surface area (TPSA) is 126 Å². The van der Waals surface area contributed by atoms with Crippen LogP contribution in [0.5, 0.6) is 5.88 Å². The van der Waals surface area contributed by atoms with Gasteiger partial charge in [0.25, 0.3) is 17.4 Å². The van der Waals surface area contributed by atoms with E-state index in [1.807, 2.05) is 13.8 Å². The first-order valence-corrected chi connectivity index (χ1v) is 9.03. The zero-order valence-electron chi connectivity index (χ0n) is 16.1. The molecule has 0 bridgehead atoms. The Labute approximate surface area is 169 Å². The molecule has 1 aliphatic heterocycles. The number of carbonyl (C=O) groups excluding carboxylic acids is 2. The zero-order valence-corrected chi connectivity index (χ0v) is 16.9. The number of imide groups is 1. The average molecular weight is 420 g/mol. The zero-order chi connectivity index (χ0) is 21.6. The summed E-state index contributed by atoms with van der Waals surface area (Å²) in [6, 6.07) is 2.83. The molecule has 29 heavy (non-hydrogen) atoms. The van der Waals surface area contributed by atoms with E-state index in [1.54, 1.807) is 0 Å². The normalized spacial score (nSPS) is 13.8. The minimum absolute atomic E-state index is 0.0203. The van der Waals surface area contributed by atoms with Gasteiger partial charge in [-0.3, -0.25) is 28.4 Å². The maximum atomic E-state index is 12.8. The molecule has 10 nitrogen and oxygen atoms in total.